The zero-order chi connectivity index (χ0) is 18.9. The van der Waals surface area contributed by atoms with E-state index in [4.69, 9.17) is 4.74 Å². The minimum Gasteiger partial charge on any atom is -0.379 e. The van der Waals surface area contributed by atoms with Crippen LogP contribution >= 0.6 is 0 Å². The predicted octanol–water partition coefficient (Wildman–Crippen LogP) is 0.883. The van der Waals surface area contributed by atoms with Crippen molar-refractivity contribution >= 4 is 21.6 Å². The zero-order valence-electron chi connectivity index (χ0n) is 15.0. The van der Waals surface area contributed by atoms with Gasteiger partial charge in [-0.25, -0.2) is 13.4 Å². The van der Waals surface area contributed by atoms with Crippen LogP contribution in [0.3, 0.4) is 0 Å². The number of nitrogens with zero attached hydrogens (tertiary/aromatic N) is 4. The van der Waals surface area contributed by atoms with Crippen molar-refractivity contribution in [3.63, 3.8) is 0 Å². The molecule has 1 saturated heterocycles. The fourth-order valence-corrected chi connectivity index (χ4v) is 4.86. The number of aryl methyl sites for hydroxylation is 1. The minimum absolute atomic E-state index is 0.0313. The molecule has 0 unspecified atom stereocenters. The molecule has 0 N–H and O–H groups in total. The van der Waals surface area contributed by atoms with E-state index in [0.717, 1.165) is 18.5 Å². The Kier molecular flexibility index (Phi) is 4.98. The third-order valence-electron chi connectivity index (χ3n) is 4.91. The van der Waals surface area contributed by atoms with Gasteiger partial charge in [-0.15, -0.1) is 0 Å². The summed E-state index contributed by atoms with van der Waals surface area (Å²) in [5, 5.41) is -0.0313. The van der Waals surface area contributed by atoms with Gasteiger partial charge in [-0.3, -0.25) is 4.79 Å². The number of imidazole rings is 1. The Bertz CT molecular complexity index is 934. The number of fused-ring (bicyclic) bond motifs is 1. The summed E-state index contributed by atoms with van der Waals surface area (Å²) in [5.74, 6) is -0.0742. The molecule has 3 heterocycles. The summed E-state index contributed by atoms with van der Waals surface area (Å²) in [6, 6.07) is 7.90. The quantitative estimate of drug-likeness (QED) is 0.774. The third-order valence-corrected chi connectivity index (χ3v) is 6.70. The van der Waals surface area contributed by atoms with E-state index in [1.807, 2.05) is 24.3 Å². The van der Waals surface area contributed by atoms with Gasteiger partial charge in [0, 0.05) is 31.5 Å². The first-order valence-electron chi connectivity index (χ1n) is 9.03. The maximum atomic E-state index is 12.8. The van der Waals surface area contributed by atoms with E-state index in [0.29, 0.717) is 32.8 Å². The molecule has 2 aliphatic rings. The van der Waals surface area contributed by atoms with E-state index in [-0.39, 0.29) is 17.5 Å². The average Bonchev–Trinajstić information content (AvgIpc) is 3.17. The molecule has 144 valence electrons. The van der Waals surface area contributed by atoms with Gasteiger partial charge in [0.15, 0.2) is 5.03 Å². The largest absolute Gasteiger partial charge is 0.379 e. The fraction of sp³-hybridized carbons (Fsp3) is 0.444. The number of sulfonamides is 1. The predicted molar refractivity (Wildman–Crippen MR) is 98.9 cm³/mol. The van der Waals surface area contributed by atoms with Gasteiger partial charge in [-0.1, -0.05) is 18.2 Å². The Morgan fingerprint density at radius 1 is 1.15 bits per heavy atom. The molecule has 1 aromatic heterocycles. The van der Waals surface area contributed by atoms with Gasteiger partial charge in [0.25, 0.3) is 10.0 Å². The number of amides is 1. The molecule has 8 nitrogen and oxygen atoms in total. The number of rotatable bonds is 4. The lowest BCUT2D eigenvalue weighted by Crippen LogP contribution is -2.40. The van der Waals surface area contributed by atoms with Crippen molar-refractivity contribution < 1.29 is 17.9 Å². The van der Waals surface area contributed by atoms with Gasteiger partial charge >= 0.3 is 0 Å². The summed E-state index contributed by atoms with van der Waals surface area (Å²) < 4.78 is 33.4. The molecule has 2 aromatic rings. The highest BCUT2D eigenvalue weighted by molar-refractivity contribution is 7.89. The lowest BCUT2D eigenvalue weighted by Gasteiger charge is -2.29. The van der Waals surface area contributed by atoms with Crippen molar-refractivity contribution in [2.75, 3.05) is 37.7 Å². The summed E-state index contributed by atoms with van der Waals surface area (Å²) in [7, 11) is -3.65. The Morgan fingerprint density at radius 3 is 2.74 bits per heavy atom. The number of hydrogen-bond acceptors (Lipinski definition) is 5. The molecule has 0 bridgehead atoms. The molecule has 0 radical (unpaired) electrons. The lowest BCUT2D eigenvalue weighted by atomic mass is 10.0. The van der Waals surface area contributed by atoms with Crippen LogP contribution in [0.2, 0.25) is 0 Å². The van der Waals surface area contributed by atoms with Crippen LogP contribution in [0, 0.1) is 0 Å². The van der Waals surface area contributed by atoms with Crippen LogP contribution in [0.5, 0.6) is 0 Å². The first kappa shape index (κ1) is 18.1. The number of benzene rings is 1. The zero-order valence-corrected chi connectivity index (χ0v) is 15.8. The summed E-state index contributed by atoms with van der Waals surface area (Å²) in [6.07, 6.45) is 4.72. The second kappa shape index (κ2) is 7.41. The lowest BCUT2D eigenvalue weighted by molar-refractivity contribution is -0.119. The molecule has 1 amide bonds. The summed E-state index contributed by atoms with van der Waals surface area (Å²) in [6.45, 7) is 2.13. The molecule has 2 aliphatic heterocycles. The summed E-state index contributed by atoms with van der Waals surface area (Å²) in [5.41, 5.74) is 2.10. The minimum atomic E-state index is -3.65. The standard InChI is InChI=1S/C18H22N4O4S/c23-18(22-7-3-5-15-4-1-2-6-16(15)22)13-20-12-17(19-14-20)27(24,25)21-8-10-26-11-9-21/h1-2,4,6,12,14H,3,5,7-11,13H2. The van der Waals surface area contributed by atoms with Crippen molar-refractivity contribution in [2.24, 2.45) is 0 Å². The smallest absolute Gasteiger partial charge is 0.262 e. The second-order valence-corrected chi connectivity index (χ2v) is 8.56. The van der Waals surface area contributed by atoms with Crippen molar-refractivity contribution in [1.82, 2.24) is 13.9 Å². The van der Waals surface area contributed by atoms with E-state index in [2.05, 4.69) is 4.98 Å². The SMILES string of the molecule is O=C(Cn1cnc(S(=O)(=O)N2CCOCC2)c1)N1CCCc2ccccc21. The first-order chi connectivity index (χ1) is 13.1. The van der Waals surface area contributed by atoms with E-state index in [9.17, 15) is 13.2 Å². The van der Waals surface area contributed by atoms with Gasteiger partial charge in [0.1, 0.15) is 6.54 Å². The molecular formula is C18H22N4O4S. The molecular weight excluding hydrogens is 368 g/mol. The second-order valence-electron chi connectivity index (χ2n) is 6.68. The molecule has 27 heavy (non-hydrogen) atoms. The summed E-state index contributed by atoms with van der Waals surface area (Å²) in [4.78, 5) is 18.6. The number of ether oxygens (including phenoxy) is 1. The maximum absolute atomic E-state index is 12.8. The fourth-order valence-electron chi connectivity index (χ4n) is 3.51. The molecule has 0 saturated carbocycles. The van der Waals surface area contributed by atoms with Crippen molar-refractivity contribution in [3.05, 3.63) is 42.4 Å². The number of anilines is 1. The van der Waals surface area contributed by atoms with Crippen molar-refractivity contribution in [2.45, 2.75) is 24.4 Å². The van der Waals surface area contributed by atoms with Gasteiger partial charge in [0.2, 0.25) is 5.91 Å². The van der Waals surface area contributed by atoms with Crippen LogP contribution < -0.4 is 4.90 Å². The molecule has 0 spiro atoms. The van der Waals surface area contributed by atoms with Crippen LogP contribution in [-0.4, -0.2) is 61.0 Å². The van der Waals surface area contributed by atoms with Crippen LogP contribution in [0.25, 0.3) is 0 Å². The Hall–Kier alpha value is -2.23. The molecule has 9 heteroatoms. The van der Waals surface area contributed by atoms with Gasteiger partial charge in [-0.2, -0.15) is 4.31 Å². The number of morpholine rings is 1. The van der Waals surface area contributed by atoms with Crippen LogP contribution in [0.15, 0.2) is 41.8 Å². The highest BCUT2D eigenvalue weighted by atomic mass is 32.2. The molecule has 1 aromatic carbocycles. The maximum Gasteiger partial charge on any atom is 0.262 e. The Labute approximate surface area is 158 Å². The van der Waals surface area contributed by atoms with Crippen LogP contribution in [-0.2, 0) is 32.5 Å². The van der Waals surface area contributed by atoms with Gasteiger partial charge in [0.05, 0.1) is 19.5 Å². The Balaban J connectivity index is 1.49. The van der Waals surface area contributed by atoms with Crippen LogP contribution in [0.4, 0.5) is 5.69 Å². The normalized spacial score (nSPS) is 18.3. The number of aromatic nitrogens is 2. The van der Waals surface area contributed by atoms with Crippen LogP contribution in [0.1, 0.15) is 12.0 Å². The Morgan fingerprint density at radius 2 is 1.93 bits per heavy atom. The number of carbonyl (C=O) groups is 1. The monoisotopic (exact) mass is 390 g/mol. The van der Waals surface area contributed by atoms with Gasteiger partial charge < -0.3 is 14.2 Å². The average molecular weight is 390 g/mol. The highest BCUT2D eigenvalue weighted by Crippen LogP contribution is 2.27. The topological polar surface area (TPSA) is 84.7 Å². The number of para-hydroxylation sites is 1. The van der Waals surface area contributed by atoms with Crippen molar-refractivity contribution in [1.29, 1.82) is 0 Å². The van der Waals surface area contributed by atoms with Gasteiger partial charge in [-0.05, 0) is 24.5 Å². The number of carbonyl (C=O) groups excluding carboxylic acids is 1. The highest BCUT2D eigenvalue weighted by Gasteiger charge is 2.29. The van der Waals surface area contributed by atoms with Crippen molar-refractivity contribution in [3.8, 4) is 0 Å². The van der Waals surface area contributed by atoms with E-state index in [1.165, 1.54) is 27.0 Å². The van der Waals surface area contributed by atoms with E-state index >= 15 is 0 Å². The molecule has 0 atom stereocenters. The van der Waals surface area contributed by atoms with E-state index < -0.39 is 10.0 Å². The summed E-state index contributed by atoms with van der Waals surface area (Å²) >= 11 is 0. The van der Waals surface area contributed by atoms with E-state index in [1.54, 1.807) is 4.90 Å². The first-order valence-corrected chi connectivity index (χ1v) is 10.5. The molecule has 4 rings (SSSR count). The molecule has 1 fully saturated rings. The third kappa shape index (κ3) is 3.62. The number of hydrogen-bond donors (Lipinski definition) is 0. The molecule has 0 aliphatic carbocycles.